The first-order valence-electron chi connectivity index (χ1n) is 6.11. The molecule has 2 rings (SSSR count). The first kappa shape index (κ1) is 14.7. The van der Waals surface area contributed by atoms with Crippen molar-refractivity contribution in [3.63, 3.8) is 0 Å². The number of anilines is 1. The monoisotopic (exact) mass is 303 g/mol. The summed E-state index contributed by atoms with van der Waals surface area (Å²) < 4.78 is 0. The van der Waals surface area contributed by atoms with Crippen LogP contribution in [0.3, 0.4) is 0 Å². The van der Waals surface area contributed by atoms with E-state index < -0.39 is 0 Å². The van der Waals surface area contributed by atoms with Crippen LogP contribution in [0.25, 0.3) is 0 Å². The molecule has 2 aromatic rings. The number of rotatable bonds is 5. The van der Waals surface area contributed by atoms with Gasteiger partial charge in [-0.3, -0.25) is 4.79 Å². The second-order valence-corrected chi connectivity index (χ2v) is 5.50. The third kappa shape index (κ3) is 3.65. The van der Waals surface area contributed by atoms with Crippen molar-refractivity contribution in [2.45, 2.75) is 4.90 Å². The lowest BCUT2D eigenvalue weighted by Crippen LogP contribution is -2.13. The summed E-state index contributed by atoms with van der Waals surface area (Å²) in [5, 5.41) is 3.34. The van der Waals surface area contributed by atoms with E-state index in [0.717, 1.165) is 16.3 Å². The number of amides is 1. The minimum atomic E-state index is -0.206. The van der Waals surface area contributed by atoms with E-state index in [4.69, 9.17) is 11.6 Å². The summed E-state index contributed by atoms with van der Waals surface area (Å²) in [7, 11) is 0. The van der Waals surface area contributed by atoms with Gasteiger partial charge in [-0.2, -0.15) is 0 Å². The van der Waals surface area contributed by atoms with Crippen LogP contribution < -0.4 is 5.32 Å². The lowest BCUT2D eigenvalue weighted by molar-refractivity contribution is 0.102. The molecule has 0 saturated heterocycles. The average Bonchev–Trinajstić information content (AvgIpc) is 2.46. The maximum absolute atomic E-state index is 12.2. The predicted octanol–water partition coefficient (Wildman–Crippen LogP) is 4.87. The van der Waals surface area contributed by atoms with Crippen LogP contribution in [0.1, 0.15) is 10.4 Å². The fourth-order valence-electron chi connectivity index (χ4n) is 1.68. The minimum Gasteiger partial charge on any atom is -0.321 e. The largest absolute Gasteiger partial charge is 0.321 e. The highest BCUT2D eigenvalue weighted by Gasteiger charge is 2.11. The number of nitrogens with one attached hydrogen (secondary N) is 1. The van der Waals surface area contributed by atoms with E-state index in [1.807, 2.05) is 30.3 Å². The van der Waals surface area contributed by atoms with Crippen LogP contribution in [-0.4, -0.2) is 11.7 Å². The highest BCUT2D eigenvalue weighted by Crippen LogP contribution is 2.28. The number of hydrogen-bond acceptors (Lipinski definition) is 2. The second kappa shape index (κ2) is 7.17. The van der Waals surface area contributed by atoms with Crippen molar-refractivity contribution in [1.82, 2.24) is 0 Å². The average molecular weight is 304 g/mol. The lowest BCUT2D eigenvalue weighted by atomic mass is 10.2. The maximum Gasteiger partial charge on any atom is 0.257 e. The Balaban J connectivity index is 2.20. The van der Waals surface area contributed by atoms with Gasteiger partial charge in [0, 0.05) is 10.6 Å². The third-order valence-corrected chi connectivity index (χ3v) is 4.01. The van der Waals surface area contributed by atoms with Gasteiger partial charge in [0.15, 0.2) is 0 Å². The van der Waals surface area contributed by atoms with E-state index in [-0.39, 0.29) is 5.91 Å². The fraction of sp³-hybridized carbons (Fsp3) is 0.0625. The topological polar surface area (TPSA) is 29.1 Å². The van der Waals surface area contributed by atoms with E-state index in [9.17, 15) is 4.79 Å². The van der Waals surface area contributed by atoms with Crippen LogP contribution in [0.4, 0.5) is 5.69 Å². The number of carbonyl (C=O) groups excluding carboxylic acids is 1. The molecule has 0 aliphatic heterocycles. The molecule has 0 aliphatic rings. The molecule has 2 nitrogen and oxygen atoms in total. The summed E-state index contributed by atoms with van der Waals surface area (Å²) in [6.07, 6.45) is 1.83. The summed E-state index contributed by atoms with van der Waals surface area (Å²) in [6, 6.07) is 14.7. The van der Waals surface area contributed by atoms with Gasteiger partial charge in [0.25, 0.3) is 5.91 Å². The number of para-hydroxylation sites is 1. The number of benzene rings is 2. The van der Waals surface area contributed by atoms with E-state index in [0.29, 0.717) is 10.6 Å². The van der Waals surface area contributed by atoms with Gasteiger partial charge in [-0.05, 0) is 24.3 Å². The van der Waals surface area contributed by atoms with Crippen molar-refractivity contribution in [3.8, 4) is 0 Å². The molecule has 1 amide bonds. The molecule has 0 saturated carbocycles. The number of carbonyl (C=O) groups is 1. The van der Waals surface area contributed by atoms with E-state index in [1.165, 1.54) is 0 Å². The molecule has 0 unspecified atom stereocenters. The summed E-state index contributed by atoms with van der Waals surface area (Å²) in [5.74, 6) is 0.584. The van der Waals surface area contributed by atoms with Crippen molar-refractivity contribution in [3.05, 3.63) is 71.8 Å². The zero-order valence-corrected chi connectivity index (χ0v) is 12.4. The number of halogens is 1. The van der Waals surface area contributed by atoms with Crippen LogP contribution in [-0.2, 0) is 0 Å². The molecule has 0 atom stereocenters. The van der Waals surface area contributed by atoms with E-state index in [1.54, 1.807) is 36.0 Å². The Kier molecular flexibility index (Phi) is 5.27. The zero-order valence-electron chi connectivity index (χ0n) is 10.8. The Morgan fingerprint density at radius 2 is 1.90 bits per heavy atom. The summed E-state index contributed by atoms with van der Waals surface area (Å²) in [5.41, 5.74) is 1.25. The van der Waals surface area contributed by atoms with Gasteiger partial charge in [-0.15, -0.1) is 18.3 Å². The number of thioether (sulfide) groups is 1. The van der Waals surface area contributed by atoms with E-state index >= 15 is 0 Å². The van der Waals surface area contributed by atoms with Gasteiger partial charge in [0.1, 0.15) is 0 Å². The van der Waals surface area contributed by atoms with Crippen molar-refractivity contribution >= 4 is 35.0 Å². The Bertz CT molecular complexity index is 627. The quantitative estimate of drug-likeness (QED) is 0.630. The second-order valence-electron chi connectivity index (χ2n) is 4.03. The normalized spacial score (nSPS) is 10.1. The Morgan fingerprint density at radius 3 is 2.65 bits per heavy atom. The summed E-state index contributed by atoms with van der Waals surface area (Å²) in [4.78, 5) is 13.2. The highest BCUT2D eigenvalue weighted by atomic mass is 35.5. The van der Waals surface area contributed by atoms with Gasteiger partial charge in [0.05, 0.1) is 16.3 Å². The molecule has 1 N–H and O–H groups in total. The molecule has 0 aromatic heterocycles. The van der Waals surface area contributed by atoms with Crippen LogP contribution >= 0.6 is 23.4 Å². The predicted molar refractivity (Wildman–Crippen MR) is 86.8 cm³/mol. The Labute approximate surface area is 127 Å². The van der Waals surface area contributed by atoms with Gasteiger partial charge in [0.2, 0.25) is 0 Å². The molecular formula is C16H14ClNOS. The van der Waals surface area contributed by atoms with Crippen LogP contribution in [0.2, 0.25) is 5.02 Å². The molecule has 0 aliphatic carbocycles. The molecule has 102 valence electrons. The van der Waals surface area contributed by atoms with Crippen molar-refractivity contribution in [2.75, 3.05) is 11.1 Å². The number of hydrogen-bond donors (Lipinski definition) is 1. The summed E-state index contributed by atoms with van der Waals surface area (Å²) in [6.45, 7) is 3.70. The highest BCUT2D eigenvalue weighted by molar-refractivity contribution is 7.99. The SMILES string of the molecule is C=CCSc1ccccc1NC(=O)c1ccccc1Cl. The molecule has 0 heterocycles. The Hall–Kier alpha value is -1.71. The van der Waals surface area contributed by atoms with Crippen LogP contribution in [0, 0.1) is 0 Å². The maximum atomic E-state index is 12.2. The minimum absolute atomic E-state index is 0.206. The van der Waals surface area contributed by atoms with Crippen LogP contribution in [0.5, 0.6) is 0 Å². The van der Waals surface area contributed by atoms with Crippen molar-refractivity contribution in [2.24, 2.45) is 0 Å². The zero-order chi connectivity index (χ0) is 14.4. The third-order valence-electron chi connectivity index (χ3n) is 2.61. The summed E-state index contributed by atoms with van der Waals surface area (Å²) >= 11 is 7.65. The van der Waals surface area contributed by atoms with Gasteiger partial charge in [-0.25, -0.2) is 0 Å². The molecule has 4 heteroatoms. The van der Waals surface area contributed by atoms with Gasteiger partial charge >= 0.3 is 0 Å². The molecular weight excluding hydrogens is 290 g/mol. The van der Waals surface area contributed by atoms with Crippen molar-refractivity contribution < 1.29 is 4.79 Å². The Morgan fingerprint density at radius 1 is 1.20 bits per heavy atom. The van der Waals surface area contributed by atoms with Crippen LogP contribution in [0.15, 0.2) is 66.1 Å². The lowest BCUT2D eigenvalue weighted by Gasteiger charge is -2.10. The first-order chi connectivity index (χ1) is 9.72. The standard InChI is InChI=1S/C16H14ClNOS/c1-2-11-20-15-10-6-5-9-14(15)18-16(19)12-7-3-4-8-13(12)17/h2-10H,1,11H2,(H,18,19). The molecule has 0 fully saturated rings. The van der Waals surface area contributed by atoms with E-state index in [2.05, 4.69) is 11.9 Å². The first-order valence-corrected chi connectivity index (χ1v) is 7.47. The molecule has 0 spiro atoms. The fourth-order valence-corrected chi connectivity index (χ4v) is 2.65. The molecule has 2 aromatic carbocycles. The smallest absolute Gasteiger partial charge is 0.257 e. The van der Waals surface area contributed by atoms with Gasteiger partial charge in [-0.1, -0.05) is 41.9 Å². The molecule has 20 heavy (non-hydrogen) atoms. The van der Waals surface area contributed by atoms with Gasteiger partial charge < -0.3 is 5.32 Å². The van der Waals surface area contributed by atoms with Crippen molar-refractivity contribution in [1.29, 1.82) is 0 Å². The molecule has 0 bridgehead atoms. The molecule has 0 radical (unpaired) electrons.